The van der Waals surface area contributed by atoms with Gasteiger partial charge < -0.3 is 0 Å². The Bertz CT molecular complexity index is 1540. The van der Waals surface area contributed by atoms with Crippen LogP contribution in [0.25, 0.3) is 54.8 Å². The van der Waals surface area contributed by atoms with Gasteiger partial charge in [-0.15, -0.1) is 0 Å². The molecule has 140 valence electrons. The van der Waals surface area contributed by atoms with E-state index in [1.165, 1.54) is 37.9 Å². The molecule has 0 radical (unpaired) electrons. The molecular formula is C29H19N. The van der Waals surface area contributed by atoms with Gasteiger partial charge in [-0.05, 0) is 39.1 Å². The Balaban J connectivity index is 1.66. The molecule has 0 N–H and O–H groups in total. The molecular weight excluding hydrogens is 362 g/mol. The molecule has 0 aliphatic heterocycles. The number of hydrogen-bond acceptors (Lipinski definition) is 1. The minimum absolute atomic E-state index is 1.00. The number of pyridine rings is 1. The highest BCUT2D eigenvalue weighted by Crippen LogP contribution is 2.35. The number of benzene rings is 5. The monoisotopic (exact) mass is 381 g/mol. The summed E-state index contributed by atoms with van der Waals surface area (Å²) in [5.41, 5.74) is 4.35. The molecule has 6 rings (SSSR count). The lowest BCUT2D eigenvalue weighted by Crippen LogP contribution is -1.92. The SMILES string of the molecule is c1ccc2cc(-c3cc4ccccc4c(-c4cccc5ccccc45)n3)ccc2c1. The number of aromatic nitrogens is 1. The molecule has 0 aliphatic carbocycles. The molecule has 0 saturated carbocycles. The van der Waals surface area contributed by atoms with Crippen molar-refractivity contribution in [3.05, 3.63) is 115 Å². The van der Waals surface area contributed by atoms with E-state index in [1.807, 2.05) is 0 Å². The van der Waals surface area contributed by atoms with E-state index in [0.717, 1.165) is 17.0 Å². The molecule has 0 spiro atoms. The third kappa shape index (κ3) is 2.75. The Morgan fingerprint density at radius 2 is 1.10 bits per heavy atom. The molecule has 1 aromatic heterocycles. The van der Waals surface area contributed by atoms with E-state index in [2.05, 4.69) is 115 Å². The fourth-order valence-corrected chi connectivity index (χ4v) is 4.33. The van der Waals surface area contributed by atoms with Gasteiger partial charge in [0.2, 0.25) is 0 Å². The molecule has 1 heterocycles. The van der Waals surface area contributed by atoms with E-state index in [0.29, 0.717) is 0 Å². The summed E-state index contributed by atoms with van der Waals surface area (Å²) in [5, 5.41) is 7.33. The van der Waals surface area contributed by atoms with Crippen LogP contribution >= 0.6 is 0 Å². The Kier molecular flexibility index (Phi) is 3.85. The lowest BCUT2D eigenvalue weighted by Gasteiger charge is -2.13. The minimum Gasteiger partial charge on any atom is -0.247 e. The fraction of sp³-hybridized carbons (Fsp3) is 0. The predicted molar refractivity (Wildman–Crippen MR) is 128 cm³/mol. The van der Waals surface area contributed by atoms with Crippen LogP contribution in [0, 0.1) is 0 Å². The number of hydrogen-bond donors (Lipinski definition) is 0. The first-order valence-corrected chi connectivity index (χ1v) is 10.2. The first-order valence-electron chi connectivity index (χ1n) is 10.2. The highest BCUT2D eigenvalue weighted by atomic mass is 14.7. The average molecular weight is 381 g/mol. The molecule has 0 aliphatic rings. The maximum absolute atomic E-state index is 5.20. The second kappa shape index (κ2) is 6.82. The Morgan fingerprint density at radius 3 is 1.97 bits per heavy atom. The zero-order valence-electron chi connectivity index (χ0n) is 16.4. The zero-order chi connectivity index (χ0) is 19.9. The summed E-state index contributed by atoms with van der Waals surface area (Å²) in [4.78, 5) is 5.20. The van der Waals surface area contributed by atoms with E-state index < -0.39 is 0 Å². The number of nitrogens with zero attached hydrogens (tertiary/aromatic N) is 1. The molecule has 0 bridgehead atoms. The van der Waals surface area contributed by atoms with Gasteiger partial charge in [0.25, 0.3) is 0 Å². The molecule has 0 saturated heterocycles. The molecule has 0 atom stereocenters. The van der Waals surface area contributed by atoms with Crippen LogP contribution in [0.5, 0.6) is 0 Å². The van der Waals surface area contributed by atoms with Gasteiger partial charge >= 0.3 is 0 Å². The highest BCUT2D eigenvalue weighted by Gasteiger charge is 2.12. The van der Waals surface area contributed by atoms with Crippen LogP contribution in [0.2, 0.25) is 0 Å². The van der Waals surface area contributed by atoms with Crippen molar-refractivity contribution in [3.8, 4) is 22.5 Å². The van der Waals surface area contributed by atoms with E-state index in [4.69, 9.17) is 4.98 Å². The van der Waals surface area contributed by atoms with Crippen molar-refractivity contribution in [1.29, 1.82) is 0 Å². The van der Waals surface area contributed by atoms with Crippen LogP contribution in [0.3, 0.4) is 0 Å². The van der Waals surface area contributed by atoms with Crippen LogP contribution in [0.1, 0.15) is 0 Å². The summed E-state index contributed by atoms with van der Waals surface area (Å²) in [5.74, 6) is 0. The van der Waals surface area contributed by atoms with Gasteiger partial charge in [0.1, 0.15) is 0 Å². The fourth-order valence-electron chi connectivity index (χ4n) is 4.33. The normalized spacial score (nSPS) is 11.3. The maximum atomic E-state index is 5.20. The van der Waals surface area contributed by atoms with E-state index in [9.17, 15) is 0 Å². The zero-order valence-corrected chi connectivity index (χ0v) is 16.4. The van der Waals surface area contributed by atoms with Crippen LogP contribution in [0.15, 0.2) is 115 Å². The van der Waals surface area contributed by atoms with Crippen molar-refractivity contribution in [2.45, 2.75) is 0 Å². The van der Waals surface area contributed by atoms with Crippen molar-refractivity contribution in [2.75, 3.05) is 0 Å². The second-order valence-electron chi connectivity index (χ2n) is 7.67. The topological polar surface area (TPSA) is 12.9 Å². The molecule has 1 heteroatoms. The van der Waals surface area contributed by atoms with Crippen molar-refractivity contribution in [1.82, 2.24) is 4.98 Å². The van der Waals surface area contributed by atoms with E-state index in [-0.39, 0.29) is 0 Å². The second-order valence-corrected chi connectivity index (χ2v) is 7.67. The largest absolute Gasteiger partial charge is 0.247 e. The molecule has 0 amide bonds. The highest BCUT2D eigenvalue weighted by molar-refractivity contribution is 6.05. The van der Waals surface area contributed by atoms with E-state index >= 15 is 0 Å². The molecule has 0 unspecified atom stereocenters. The lowest BCUT2D eigenvalue weighted by atomic mass is 9.96. The quantitative estimate of drug-likeness (QED) is 0.297. The summed E-state index contributed by atoms with van der Waals surface area (Å²) in [6, 6.07) is 40.8. The van der Waals surface area contributed by atoms with Crippen LogP contribution < -0.4 is 0 Å². The van der Waals surface area contributed by atoms with Crippen molar-refractivity contribution in [3.63, 3.8) is 0 Å². The van der Waals surface area contributed by atoms with Crippen molar-refractivity contribution >= 4 is 32.3 Å². The summed E-state index contributed by atoms with van der Waals surface area (Å²) in [7, 11) is 0. The number of fused-ring (bicyclic) bond motifs is 3. The molecule has 5 aromatic carbocycles. The number of rotatable bonds is 2. The van der Waals surface area contributed by atoms with Crippen molar-refractivity contribution < 1.29 is 0 Å². The minimum atomic E-state index is 1.00. The van der Waals surface area contributed by atoms with Gasteiger partial charge in [0.15, 0.2) is 0 Å². The predicted octanol–water partition coefficient (Wildman–Crippen LogP) is 7.88. The first-order chi connectivity index (χ1) is 14.9. The molecule has 6 aromatic rings. The van der Waals surface area contributed by atoms with Crippen LogP contribution in [-0.4, -0.2) is 4.98 Å². The average Bonchev–Trinajstić information content (AvgIpc) is 2.82. The van der Waals surface area contributed by atoms with Gasteiger partial charge in [-0.25, -0.2) is 4.98 Å². The smallest absolute Gasteiger partial charge is 0.0794 e. The van der Waals surface area contributed by atoms with Gasteiger partial charge in [-0.2, -0.15) is 0 Å². The first kappa shape index (κ1) is 16.9. The third-order valence-corrected chi connectivity index (χ3v) is 5.83. The van der Waals surface area contributed by atoms with Gasteiger partial charge in [0.05, 0.1) is 11.4 Å². The van der Waals surface area contributed by atoms with Crippen molar-refractivity contribution in [2.24, 2.45) is 0 Å². The van der Waals surface area contributed by atoms with Crippen LogP contribution in [0.4, 0.5) is 0 Å². The summed E-state index contributed by atoms with van der Waals surface area (Å²) in [6.07, 6.45) is 0. The Hall–Kier alpha value is -3.97. The Labute approximate surface area is 175 Å². The standard InChI is InChI=1S/C29H19N/c1-2-10-22-18-24(17-16-20(22)8-1)28-19-23-11-4-6-14-26(23)29(30-28)27-15-7-12-21-9-3-5-13-25(21)27/h1-19H. The summed E-state index contributed by atoms with van der Waals surface area (Å²) < 4.78 is 0. The van der Waals surface area contributed by atoms with Crippen LogP contribution in [-0.2, 0) is 0 Å². The lowest BCUT2D eigenvalue weighted by molar-refractivity contribution is 1.36. The Morgan fingerprint density at radius 1 is 0.433 bits per heavy atom. The summed E-state index contributed by atoms with van der Waals surface area (Å²) in [6.45, 7) is 0. The van der Waals surface area contributed by atoms with Gasteiger partial charge in [-0.3, -0.25) is 0 Å². The van der Waals surface area contributed by atoms with Gasteiger partial charge in [0, 0.05) is 16.5 Å². The maximum Gasteiger partial charge on any atom is 0.0794 e. The molecule has 0 fully saturated rings. The van der Waals surface area contributed by atoms with Gasteiger partial charge in [-0.1, -0.05) is 103 Å². The van der Waals surface area contributed by atoms with E-state index in [1.54, 1.807) is 0 Å². The third-order valence-electron chi connectivity index (χ3n) is 5.83. The molecule has 1 nitrogen and oxygen atoms in total. The molecule has 30 heavy (non-hydrogen) atoms. The summed E-state index contributed by atoms with van der Waals surface area (Å²) >= 11 is 0.